The molecule has 1 aliphatic heterocycles. The summed E-state index contributed by atoms with van der Waals surface area (Å²) in [6.07, 6.45) is 0.680. The third kappa shape index (κ3) is 6.91. The predicted octanol–water partition coefficient (Wildman–Crippen LogP) is 5.17. The molecule has 0 saturated carbocycles. The molecule has 2 heterocycles. The maximum absolute atomic E-state index is 12.5. The van der Waals surface area contributed by atoms with Gasteiger partial charge in [0.15, 0.2) is 5.13 Å². The van der Waals surface area contributed by atoms with Gasteiger partial charge in [0.2, 0.25) is 5.91 Å². The molecule has 0 radical (unpaired) electrons. The molecule has 1 fully saturated rings. The first-order valence-corrected chi connectivity index (χ1v) is 11.9. The number of aromatic nitrogens is 1. The first-order chi connectivity index (χ1) is 15.5. The molecule has 3 rings (SSSR count). The summed E-state index contributed by atoms with van der Waals surface area (Å²) in [6, 6.07) is 6.96. The van der Waals surface area contributed by atoms with Crippen LogP contribution in [0.2, 0.25) is 5.02 Å². The highest BCUT2D eigenvalue weighted by atomic mass is 35.5. The van der Waals surface area contributed by atoms with Crippen LogP contribution in [0.1, 0.15) is 46.2 Å². The van der Waals surface area contributed by atoms with Crippen molar-refractivity contribution in [2.75, 3.05) is 18.0 Å². The Balaban J connectivity index is 1.53. The standard InChI is InChI=1S/C23H28ClN3O5S/c1-15(28)27(19-7-5-6-17(24)12-19)21-25-18(14-33-21)13-31-20(29)16-8-10-26(11-9-16)22(30)32-23(2,3)4/h5-7,12,14,16H,8-11,13H2,1-4H3. The summed E-state index contributed by atoms with van der Waals surface area (Å²) < 4.78 is 10.9. The Hall–Kier alpha value is -2.65. The lowest BCUT2D eigenvalue weighted by Crippen LogP contribution is -2.43. The number of hydrogen-bond donors (Lipinski definition) is 0. The van der Waals surface area contributed by atoms with E-state index in [1.54, 1.807) is 34.5 Å². The summed E-state index contributed by atoms with van der Waals surface area (Å²) >= 11 is 7.34. The van der Waals surface area contributed by atoms with Crippen LogP contribution in [0, 0.1) is 5.92 Å². The SMILES string of the molecule is CC(=O)N(c1cccc(Cl)c1)c1nc(COC(=O)C2CCN(C(=O)OC(C)(C)C)CC2)cs1. The molecule has 2 amide bonds. The molecule has 1 aromatic heterocycles. The number of esters is 1. The van der Waals surface area contributed by atoms with E-state index >= 15 is 0 Å². The molecule has 1 aromatic carbocycles. The van der Waals surface area contributed by atoms with E-state index < -0.39 is 5.60 Å². The van der Waals surface area contributed by atoms with Crippen molar-refractivity contribution in [3.63, 3.8) is 0 Å². The van der Waals surface area contributed by atoms with E-state index in [4.69, 9.17) is 21.1 Å². The molecule has 1 saturated heterocycles. The van der Waals surface area contributed by atoms with Crippen molar-refractivity contribution >= 4 is 51.7 Å². The Kier molecular flexibility index (Phi) is 7.97. The average molecular weight is 494 g/mol. The third-order valence-electron chi connectivity index (χ3n) is 4.95. The molecule has 0 unspecified atom stereocenters. The van der Waals surface area contributed by atoms with E-state index in [-0.39, 0.29) is 30.5 Å². The van der Waals surface area contributed by atoms with Crippen LogP contribution < -0.4 is 4.90 Å². The van der Waals surface area contributed by atoms with Gasteiger partial charge in [-0.15, -0.1) is 11.3 Å². The van der Waals surface area contributed by atoms with E-state index in [1.807, 2.05) is 20.8 Å². The molecule has 33 heavy (non-hydrogen) atoms. The molecule has 1 aliphatic rings. The van der Waals surface area contributed by atoms with Gasteiger partial charge in [-0.25, -0.2) is 9.78 Å². The summed E-state index contributed by atoms with van der Waals surface area (Å²) in [5, 5.41) is 2.75. The monoisotopic (exact) mass is 493 g/mol. The molecule has 8 nitrogen and oxygen atoms in total. The second-order valence-electron chi connectivity index (χ2n) is 8.81. The van der Waals surface area contributed by atoms with Crippen LogP contribution >= 0.6 is 22.9 Å². The number of amides is 2. The minimum atomic E-state index is -0.552. The number of nitrogens with zero attached hydrogens (tertiary/aromatic N) is 3. The zero-order valence-corrected chi connectivity index (χ0v) is 20.7. The van der Waals surface area contributed by atoms with Crippen molar-refractivity contribution in [1.82, 2.24) is 9.88 Å². The zero-order chi connectivity index (χ0) is 24.2. The van der Waals surface area contributed by atoms with E-state index in [0.29, 0.717) is 47.5 Å². The number of anilines is 2. The number of thiazole rings is 1. The lowest BCUT2D eigenvalue weighted by molar-refractivity contribution is -0.151. The molecule has 2 aromatic rings. The number of carbonyl (C=O) groups is 3. The highest BCUT2D eigenvalue weighted by molar-refractivity contribution is 7.14. The Morgan fingerprint density at radius 2 is 1.94 bits per heavy atom. The summed E-state index contributed by atoms with van der Waals surface area (Å²) in [7, 11) is 0. The number of ether oxygens (including phenoxy) is 2. The highest BCUT2D eigenvalue weighted by Gasteiger charge is 2.31. The van der Waals surface area contributed by atoms with Crippen molar-refractivity contribution in [3.8, 4) is 0 Å². The smallest absolute Gasteiger partial charge is 0.410 e. The van der Waals surface area contributed by atoms with Crippen molar-refractivity contribution in [1.29, 1.82) is 0 Å². The highest BCUT2D eigenvalue weighted by Crippen LogP contribution is 2.31. The van der Waals surface area contributed by atoms with Gasteiger partial charge >= 0.3 is 12.1 Å². The van der Waals surface area contributed by atoms with Crippen LogP contribution in [0.25, 0.3) is 0 Å². The molecule has 0 aliphatic carbocycles. The van der Waals surface area contributed by atoms with Gasteiger partial charge in [-0.05, 0) is 51.8 Å². The summed E-state index contributed by atoms with van der Waals surface area (Å²) in [5.41, 5.74) is 0.622. The van der Waals surface area contributed by atoms with E-state index in [2.05, 4.69) is 4.98 Å². The van der Waals surface area contributed by atoms with Crippen LogP contribution in [0.15, 0.2) is 29.6 Å². The van der Waals surface area contributed by atoms with Gasteiger partial charge < -0.3 is 14.4 Å². The Bertz CT molecular complexity index is 1010. The predicted molar refractivity (Wildman–Crippen MR) is 127 cm³/mol. The van der Waals surface area contributed by atoms with Gasteiger partial charge in [-0.1, -0.05) is 17.7 Å². The molecule has 0 atom stereocenters. The molecule has 10 heteroatoms. The average Bonchev–Trinajstić information content (AvgIpc) is 3.19. The maximum atomic E-state index is 12.5. The topological polar surface area (TPSA) is 89.0 Å². The van der Waals surface area contributed by atoms with Gasteiger partial charge in [-0.3, -0.25) is 14.5 Å². The number of benzene rings is 1. The van der Waals surface area contributed by atoms with Crippen molar-refractivity contribution in [2.24, 2.45) is 5.92 Å². The first kappa shape index (κ1) is 25.0. The van der Waals surface area contributed by atoms with Gasteiger partial charge in [0, 0.05) is 30.4 Å². The number of rotatable bonds is 5. The Morgan fingerprint density at radius 1 is 1.24 bits per heavy atom. The van der Waals surface area contributed by atoms with Crippen molar-refractivity contribution in [3.05, 3.63) is 40.4 Å². The quantitative estimate of drug-likeness (QED) is 0.534. The van der Waals surface area contributed by atoms with Crippen LogP contribution in [-0.2, 0) is 25.7 Å². The van der Waals surface area contributed by atoms with Crippen molar-refractivity contribution < 1.29 is 23.9 Å². The molecular weight excluding hydrogens is 466 g/mol. The second kappa shape index (κ2) is 10.5. The minimum Gasteiger partial charge on any atom is -0.459 e. The van der Waals surface area contributed by atoms with Gasteiger partial charge in [0.25, 0.3) is 0 Å². The fourth-order valence-electron chi connectivity index (χ4n) is 3.39. The summed E-state index contributed by atoms with van der Waals surface area (Å²) in [4.78, 5) is 44.5. The largest absolute Gasteiger partial charge is 0.459 e. The van der Waals surface area contributed by atoms with Crippen LogP contribution in [0.3, 0.4) is 0 Å². The fraction of sp³-hybridized carbons (Fsp3) is 0.478. The fourth-order valence-corrected chi connectivity index (χ4v) is 4.45. The molecular formula is C23H28ClN3O5S. The lowest BCUT2D eigenvalue weighted by Gasteiger charge is -2.32. The molecule has 178 valence electrons. The van der Waals surface area contributed by atoms with Crippen LogP contribution in [0.5, 0.6) is 0 Å². The van der Waals surface area contributed by atoms with Crippen molar-refractivity contribution in [2.45, 2.75) is 52.7 Å². The zero-order valence-electron chi connectivity index (χ0n) is 19.2. The van der Waals surface area contributed by atoms with Crippen LogP contribution in [-0.4, -0.2) is 46.5 Å². The van der Waals surface area contributed by atoms with Gasteiger partial charge in [-0.2, -0.15) is 0 Å². The number of likely N-dealkylation sites (tertiary alicyclic amines) is 1. The number of halogens is 1. The normalized spacial score (nSPS) is 14.6. The minimum absolute atomic E-state index is 0.0168. The summed E-state index contributed by atoms with van der Waals surface area (Å²) in [6.45, 7) is 7.83. The molecule has 0 spiro atoms. The summed E-state index contributed by atoms with van der Waals surface area (Å²) in [5.74, 6) is -0.791. The Morgan fingerprint density at radius 3 is 2.55 bits per heavy atom. The third-order valence-corrected chi connectivity index (χ3v) is 6.06. The maximum Gasteiger partial charge on any atom is 0.410 e. The number of hydrogen-bond acceptors (Lipinski definition) is 7. The van der Waals surface area contributed by atoms with Gasteiger partial charge in [0.05, 0.1) is 17.3 Å². The number of carbonyl (C=O) groups excluding carboxylic acids is 3. The van der Waals surface area contributed by atoms with E-state index in [1.165, 1.54) is 23.2 Å². The number of piperidine rings is 1. The van der Waals surface area contributed by atoms with Gasteiger partial charge in [0.1, 0.15) is 12.2 Å². The lowest BCUT2D eigenvalue weighted by atomic mass is 9.97. The first-order valence-electron chi connectivity index (χ1n) is 10.7. The van der Waals surface area contributed by atoms with E-state index in [0.717, 1.165) is 0 Å². The van der Waals surface area contributed by atoms with Crippen LogP contribution in [0.4, 0.5) is 15.6 Å². The second-order valence-corrected chi connectivity index (χ2v) is 10.1. The Labute approximate surface area is 202 Å². The molecule has 0 N–H and O–H groups in total. The molecule has 0 bridgehead atoms. The van der Waals surface area contributed by atoms with E-state index in [9.17, 15) is 14.4 Å².